The Balaban J connectivity index is 1.84. The zero-order valence-corrected chi connectivity index (χ0v) is 10.8. The van der Waals surface area contributed by atoms with Gasteiger partial charge in [-0.1, -0.05) is 0 Å². The lowest BCUT2D eigenvalue weighted by molar-refractivity contribution is 0.440. The molecule has 0 radical (unpaired) electrons. The average Bonchev–Trinajstić information content (AvgIpc) is 2.37. The summed E-state index contributed by atoms with van der Waals surface area (Å²) < 4.78 is 39.0. The maximum atomic E-state index is 13.3. The third-order valence-electron chi connectivity index (χ3n) is 3.18. The van der Waals surface area contributed by atoms with Gasteiger partial charge < -0.3 is 5.32 Å². The zero-order chi connectivity index (χ0) is 13.0. The first-order valence-corrected chi connectivity index (χ1v) is 7.24. The number of rotatable bonds is 4. The van der Waals surface area contributed by atoms with Crippen LogP contribution in [-0.4, -0.2) is 18.1 Å². The van der Waals surface area contributed by atoms with Gasteiger partial charge in [0.2, 0.25) is 0 Å². The van der Waals surface area contributed by atoms with Crippen LogP contribution in [0, 0.1) is 23.4 Å². The fourth-order valence-corrected chi connectivity index (χ4v) is 3.26. The molecule has 1 fully saturated rings. The average molecular weight is 275 g/mol. The summed E-state index contributed by atoms with van der Waals surface area (Å²) >= 11 is 1.96. The van der Waals surface area contributed by atoms with Crippen molar-refractivity contribution in [3.63, 3.8) is 0 Å². The van der Waals surface area contributed by atoms with E-state index >= 15 is 0 Å². The number of benzene rings is 1. The molecule has 18 heavy (non-hydrogen) atoms. The second kappa shape index (κ2) is 6.48. The molecule has 1 aromatic rings. The fourth-order valence-electron chi connectivity index (χ4n) is 2.06. The maximum Gasteiger partial charge on any atom is 0.161 e. The zero-order valence-electron chi connectivity index (χ0n) is 10.0. The highest BCUT2D eigenvalue weighted by atomic mass is 32.2. The largest absolute Gasteiger partial charge is 0.312 e. The van der Waals surface area contributed by atoms with Crippen LogP contribution in [0.15, 0.2) is 12.1 Å². The van der Waals surface area contributed by atoms with Gasteiger partial charge in [0, 0.05) is 18.2 Å². The summed E-state index contributed by atoms with van der Waals surface area (Å²) in [5, 5.41) is 3.12. The molecule has 0 amide bonds. The van der Waals surface area contributed by atoms with Crippen LogP contribution < -0.4 is 5.32 Å². The van der Waals surface area contributed by atoms with E-state index in [-0.39, 0.29) is 12.1 Å². The molecular weight excluding hydrogens is 259 g/mol. The number of thioether (sulfide) groups is 1. The highest BCUT2D eigenvalue weighted by Crippen LogP contribution is 2.22. The summed E-state index contributed by atoms with van der Waals surface area (Å²) in [5.74, 6) is 0.126. The van der Waals surface area contributed by atoms with Gasteiger partial charge >= 0.3 is 0 Å². The number of nitrogens with one attached hydrogen (secondary N) is 1. The standard InChI is InChI=1S/C13H16F3NS/c14-11-6-13(16)12(15)5-10(11)8-17-7-9-1-3-18-4-2-9/h5-6,9,17H,1-4,7-8H2. The van der Waals surface area contributed by atoms with Crippen molar-refractivity contribution in [2.75, 3.05) is 18.1 Å². The summed E-state index contributed by atoms with van der Waals surface area (Å²) in [6.45, 7) is 1.05. The molecule has 0 saturated carbocycles. The maximum absolute atomic E-state index is 13.3. The van der Waals surface area contributed by atoms with E-state index in [2.05, 4.69) is 5.32 Å². The normalized spacial score (nSPS) is 17.1. The van der Waals surface area contributed by atoms with Crippen LogP contribution in [0.3, 0.4) is 0 Å². The van der Waals surface area contributed by atoms with Gasteiger partial charge in [-0.2, -0.15) is 11.8 Å². The number of hydrogen-bond acceptors (Lipinski definition) is 2. The van der Waals surface area contributed by atoms with E-state index in [1.807, 2.05) is 11.8 Å². The van der Waals surface area contributed by atoms with Crippen molar-refractivity contribution < 1.29 is 13.2 Å². The van der Waals surface area contributed by atoms with Crippen molar-refractivity contribution in [2.24, 2.45) is 5.92 Å². The van der Waals surface area contributed by atoms with Crippen LogP contribution in [0.5, 0.6) is 0 Å². The second-order valence-corrected chi connectivity index (χ2v) is 5.77. The Morgan fingerprint density at radius 2 is 1.72 bits per heavy atom. The van der Waals surface area contributed by atoms with Crippen LogP contribution in [-0.2, 0) is 6.54 Å². The van der Waals surface area contributed by atoms with E-state index in [0.29, 0.717) is 12.0 Å². The lowest BCUT2D eigenvalue weighted by Crippen LogP contribution is -2.25. The van der Waals surface area contributed by atoms with E-state index in [1.54, 1.807) is 0 Å². The van der Waals surface area contributed by atoms with Gasteiger partial charge in [0.15, 0.2) is 11.6 Å². The van der Waals surface area contributed by atoms with Gasteiger partial charge in [-0.3, -0.25) is 0 Å². The lowest BCUT2D eigenvalue weighted by atomic mass is 10.0. The first kappa shape index (κ1) is 13.7. The first-order valence-electron chi connectivity index (χ1n) is 6.08. The molecule has 1 aliphatic heterocycles. The SMILES string of the molecule is Fc1cc(F)c(CNCC2CCSCC2)cc1F. The Hall–Kier alpha value is -0.680. The van der Waals surface area contributed by atoms with Crippen LogP contribution in [0.2, 0.25) is 0 Å². The van der Waals surface area contributed by atoms with Gasteiger partial charge in [-0.05, 0) is 42.9 Å². The predicted molar refractivity (Wildman–Crippen MR) is 68.1 cm³/mol. The highest BCUT2D eigenvalue weighted by molar-refractivity contribution is 7.99. The van der Waals surface area contributed by atoms with Crippen molar-refractivity contribution >= 4 is 11.8 Å². The van der Waals surface area contributed by atoms with Crippen molar-refractivity contribution in [3.8, 4) is 0 Å². The molecule has 100 valence electrons. The van der Waals surface area contributed by atoms with E-state index in [0.717, 1.165) is 25.5 Å². The Kier molecular flexibility index (Phi) is 4.95. The Morgan fingerprint density at radius 1 is 1.06 bits per heavy atom. The van der Waals surface area contributed by atoms with E-state index in [4.69, 9.17) is 0 Å². The molecule has 2 rings (SSSR count). The molecule has 1 heterocycles. The Labute approximate surface area is 109 Å². The second-order valence-electron chi connectivity index (χ2n) is 4.54. The molecular formula is C13H16F3NS. The molecule has 5 heteroatoms. The summed E-state index contributed by atoms with van der Waals surface area (Å²) in [4.78, 5) is 0. The molecule has 1 nitrogen and oxygen atoms in total. The smallest absolute Gasteiger partial charge is 0.161 e. The molecule has 0 aromatic heterocycles. The van der Waals surface area contributed by atoms with Crippen molar-refractivity contribution in [2.45, 2.75) is 19.4 Å². The lowest BCUT2D eigenvalue weighted by Gasteiger charge is -2.21. The van der Waals surface area contributed by atoms with Gasteiger partial charge in [0.25, 0.3) is 0 Å². The minimum Gasteiger partial charge on any atom is -0.312 e. The minimum atomic E-state index is -1.14. The molecule has 1 aromatic carbocycles. The summed E-state index contributed by atoms with van der Waals surface area (Å²) in [6, 6.07) is 1.53. The molecule has 1 N–H and O–H groups in total. The van der Waals surface area contributed by atoms with Crippen molar-refractivity contribution in [3.05, 3.63) is 35.1 Å². The van der Waals surface area contributed by atoms with Crippen molar-refractivity contribution in [1.29, 1.82) is 0 Å². The Bertz CT molecular complexity index is 405. The van der Waals surface area contributed by atoms with Crippen LogP contribution in [0.25, 0.3) is 0 Å². The third-order valence-corrected chi connectivity index (χ3v) is 4.23. The van der Waals surface area contributed by atoms with E-state index in [1.165, 1.54) is 11.5 Å². The van der Waals surface area contributed by atoms with Gasteiger partial charge in [0.05, 0.1) is 0 Å². The highest BCUT2D eigenvalue weighted by Gasteiger charge is 2.14. The minimum absolute atomic E-state index is 0.180. The third kappa shape index (κ3) is 3.65. The summed E-state index contributed by atoms with van der Waals surface area (Å²) in [7, 11) is 0. The van der Waals surface area contributed by atoms with Crippen LogP contribution >= 0.6 is 11.8 Å². The monoisotopic (exact) mass is 275 g/mol. The van der Waals surface area contributed by atoms with Gasteiger partial charge in [0.1, 0.15) is 5.82 Å². The first-order chi connectivity index (χ1) is 8.66. The molecule has 0 unspecified atom stereocenters. The quantitative estimate of drug-likeness (QED) is 0.846. The summed E-state index contributed by atoms with van der Waals surface area (Å²) in [5.41, 5.74) is 0.180. The van der Waals surface area contributed by atoms with E-state index in [9.17, 15) is 13.2 Å². The van der Waals surface area contributed by atoms with Crippen LogP contribution in [0.1, 0.15) is 18.4 Å². The van der Waals surface area contributed by atoms with Gasteiger partial charge in [-0.25, -0.2) is 13.2 Å². The molecule has 0 aliphatic carbocycles. The molecule has 1 aliphatic rings. The topological polar surface area (TPSA) is 12.0 Å². The van der Waals surface area contributed by atoms with E-state index < -0.39 is 17.5 Å². The van der Waals surface area contributed by atoms with Gasteiger partial charge in [-0.15, -0.1) is 0 Å². The molecule has 0 atom stereocenters. The molecule has 0 spiro atoms. The van der Waals surface area contributed by atoms with Crippen LogP contribution in [0.4, 0.5) is 13.2 Å². The fraction of sp³-hybridized carbons (Fsp3) is 0.538. The molecule has 1 saturated heterocycles. The summed E-state index contributed by atoms with van der Waals surface area (Å²) in [6.07, 6.45) is 2.33. The predicted octanol–water partition coefficient (Wildman–Crippen LogP) is 3.34. The van der Waals surface area contributed by atoms with Crippen molar-refractivity contribution in [1.82, 2.24) is 5.32 Å². The number of hydrogen-bond donors (Lipinski definition) is 1. The molecule has 0 bridgehead atoms. The Morgan fingerprint density at radius 3 is 2.44 bits per heavy atom. The number of halogens is 3.